The number of benzene rings is 1. The maximum atomic E-state index is 11.3. The number of carboxylic acid groups (broad SMARTS) is 1. The number of likely N-dealkylation sites (N-methyl/N-ethyl adjacent to an activating group) is 1. The summed E-state index contributed by atoms with van der Waals surface area (Å²) in [5, 5.41) is 13.8. The Hall–Kier alpha value is -2.18. The first kappa shape index (κ1) is 16.7. The molecule has 0 unspecified atom stereocenters. The number of carboxylic acids is 1. The number of carbonyl (C=O) groups is 1. The summed E-state index contributed by atoms with van der Waals surface area (Å²) in [5.74, 6) is -0.756. The summed E-state index contributed by atoms with van der Waals surface area (Å²) >= 11 is 0. The lowest BCUT2D eigenvalue weighted by Gasteiger charge is -2.36. The first-order valence-corrected chi connectivity index (χ1v) is 8.20. The van der Waals surface area contributed by atoms with Gasteiger partial charge in [-0.3, -0.25) is 14.6 Å². The van der Waals surface area contributed by atoms with Gasteiger partial charge >= 0.3 is 5.97 Å². The first-order valence-electron chi connectivity index (χ1n) is 8.20. The fraction of sp³-hybridized carbons (Fsp3) is 0.444. The van der Waals surface area contributed by atoms with E-state index in [9.17, 15) is 9.90 Å². The topological polar surface area (TPSA) is 61.6 Å². The van der Waals surface area contributed by atoms with Crippen LogP contribution in [0.25, 0.3) is 5.69 Å². The largest absolute Gasteiger partial charge is 0.480 e. The summed E-state index contributed by atoms with van der Waals surface area (Å²) in [6.07, 6.45) is 3.89. The number of aryl methyl sites for hydroxylation is 2. The molecule has 128 valence electrons. The molecule has 0 amide bonds. The van der Waals surface area contributed by atoms with Crippen molar-refractivity contribution in [2.75, 3.05) is 26.7 Å². The molecule has 2 aromatic rings. The molecule has 1 aliphatic heterocycles. The van der Waals surface area contributed by atoms with Gasteiger partial charge in [-0.15, -0.1) is 0 Å². The molecule has 1 N–H and O–H groups in total. The van der Waals surface area contributed by atoms with Crippen molar-refractivity contribution in [3.05, 3.63) is 47.3 Å². The smallest absolute Gasteiger partial charge is 0.322 e. The van der Waals surface area contributed by atoms with Gasteiger partial charge in [-0.25, -0.2) is 4.68 Å². The van der Waals surface area contributed by atoms with Crippen molar-refractivity contribution in [1.82, 2.24) is 19.6 Å². The number of piperazine rings is 1. The molecule has 1 aliphatic rings. The predicted octanol–water partition coefficient (Wildman–Crippen LogP) is 1.69. The minimum Gasteiger partial charge on any atom is -0.480 e. The van der Waals surface area contributed by atoms with Crippen LogP contribution in [0.1, 0.15) is 16.7 Å². The normalized spacial score (nSPS) is 19.5. The Labute approximate surface area is 142 Å². The highest BCUT2D eigenvalue weighted by atomic mass is 16.4. The van der Waals surface area contributed by atoms with E-state index in [4.69, 9.17) is 0 Å². The molecule has 0 aliphatic carbocycles. The zero-order valence-electron chi connectivity index (χ0n) is 14.4. The summed E-state index contributed by atoms with van der Waals surface area (Å²) in [6, 6.07) is 5.86. The van der Waals surface area contributed by atoms with Gasteiger partial charge in [0, 0.05) is 37.9 Å². The lowest BCUT2D eigenvalue weighted by atomic mass is 10.1. The van der Waals surface area contributed by atoms with Gasteiger partial charge in [0.15, 0.2) is 0 Å². The van der Waals surface area contributed by atoms with Crippen LogP contribution in [0.4, 0.5) is 0 Å². The van der Waals surface area contributed by atoms with E-state index in [1.165, 1.54) is 11.1 Å². The zero-order chi connectivity index (χ0) is 17.3. The van der Waals surface area contributed by atoms with Crippen LogP contribution in [0.15, 0.2) is 30.6 Å². The summed E-state index contributed by atoms with van der Waals surface area (Å²) in [5.41, 5.74) is 4.66. The molecular weight excluding hydrogens is 304 g/mol. The second-order valence-corrected chi connectivity index (χ2v) is 6.63. The fourth-order valence-corrected chi connectivity index (χ4v) is 3.05. The van der Waals surface area contributed by atoms with E-state index in [2.05, 4.69) is 42.0 Å². The Kier molecular flexibility index (Phi) is 4.69. The van der Waals surface area contributed by atoms with E-state index >= 15 is 0 Å². The summed E-state index contributed by atoms with van der Waals surface area (Å²) < 4.78 is 1.88. The maximum absolute atomic E-state index is 11.3. The third-order valence-corrected chi connectivity index (χ3v) is 4.81. The van der Waals surface area contributed by atoms with Crippen LogP contribution in [0.3, 0.4) is 0 Å². The number of hydrogen-bond acceptors (Lipinski definition) is 4. The molecule has 24 heavy (non-hydrogen) atoms. The molecule has 1 saturated heterocycles. The van der Waals surface area contributed by atoms with Gasteiger partial charge in [0.2, 0.25) is 0 Å². The van der Waals surface area contributed by atoms with E-state index in [1.807, 2.05) is 29.0 Å². The molecule has 1 fully saturated rings. The Morgan fingerprint density at radius 2 is 2.08 bits per heavy atom. The average Bonchev–Trinajstić information content (AvgIpc) is 3.00. The van der Waals surface area contributed by atoms with Crippen LogP contribution in [-0.2, 0) is 11.3 Å². The van der Waals surface area contributed by atoms with Crippen LogP contribution in [0.5, 0.6) is 0 Å². The molecule has 0 bridgehead atoms. The molecular formula is C18H24N4O2. The summed E-state index contributed by atoms with van der Waals surface area (Å²) in [4.78, 5) is 15.4. The molecule has 0 spiro atoms. The van der Waals surface area contributed by atoms with E-state index < -0.39 is 12.0 Å². The number of nitrogens with zero attached hydrogens (tertiary/aromatic N) is 4. The number of rotatable bonds is 4. The van der Waals surface area contributed by atoms with Crippen molar-refractivity contribution >= 4 is 5.97 Å². The van der Waals surface area contributed by atoms with Crippen molar-refractivity contribution < 1.29 is 9.90 Å². The first-order chi connectivity index (χ1) is 11.4. The van der Waals surface area contributed by atoms with Gasteiger partial charge in [0.1, 0.15) is 6.04 Å². The summed E-state index contributed by atoms with van der Waals surface area (Å²) in [7, 11) is 1.87. The predicted molar refractivity (Wildman–Crippen MR) is 92.4 cm³/mol. The quantitative estimate of drug-likeness (QED) is 0.925. The van der Waals surface area contributed by atoms with E-state index in [0.717, 1.165) is 30.9 Å². The van der Waals surface area contributed by atoms with E-state index in [0.29, 0.717) is 6.54 Å². The van der Waals surface area contributed by atoms with Crippen LogP contribution < -0.4 is 0 Å². The van der Waals surface area contributed by atoms with Crippen molar-refractivity contribution in [1.29, 1.82) is 0 Å². The molecule has 1 aromatic heterocycles. The maximum Gasteiger partial charge on any atom is 0.322 e. The molecule has 1 atom stereocenters. The summed E-state index contributed by atoms with van der Waals surface area (Å²) in [6.45, 7) is 7.10. The lowest BCUT2D eigenvalue weighted by Crippen LogP contribution is -2.54. The Morgan fingerprint density at radius 3 is 2.79 bits per heavy atom. The molecule has 2 heterocycles. The molecule has 3 rings (SSSR count). The van der Waals surface area contributed by atoms with Gasteiger partial charge < -0.3 is 5.11 Å². The Morgan fingerprint density at radius 1 is 1.29 bits per heavy atom. The van der Waals surface area contributed by atoms with Crippen molar-refractivity contribution in [2.45, 2.75) is 26.4 Å². The van der Waals surface area contributed by atoms with Gasteiger partial charge in [0.25, 0.3) is 0 Å². The van der Waals surface area contributed by atoms with Crippen LogP contribution in [-0.4, -0.2) is 63.4 Å². The molecule has 1 aromatic carbocycles. The highest BCUT2D eigenvalue weighted by Gasteiger charge is 2.29. The highest BCUT2D eigenvalue weighted by Crippen LogP contribution is 2.16. The average molecular weight is 328 g/mol. The highest BCUT2D eigenvalue weighted by molar-refractivity contribution is 5.73. The van der Waals surface area contributed by atoms with Gasteiger partial charge in [-0.1, -0.05) is 6.07 Å². The minimum atomic E-state index is -0.756. The van der Waals surface area contributed by atoms with Crippen LogP contribution in [0.2, 0.25) is 0 Å². The van der Waals surface area contributed by atoms with Crippen molar-refractivity contribution in [2.24, 2.45) is 0 Å². The zero-order valence-corrected chi connectivity index (χ0v) is 14.4. The molecule has 0 saturated carbocycles. The third kappa shape index (κ3) is 3.49. The van der Waals surface area contributed by atoms with Crippen molar-refractivity contribution in [3.63, 3.8) is 0 Å². The van der Waals surface area contributed by atoms with E-state index in [-0.39, 0.29) is 0 Å². The standard InChI is InChI=1S/C18H24N4O2/c1-13-4-5-16(8-14(13)2)22-11-15(9-19-22)10-21-7-6-20(3)17(12-21)18(23)24/h4-5,8-9,11,17H,6-7,10,12H2,1-3H3,(H,23,24)/t17-/m1/s1. The molecule has 0 radical (unpaired) electrons. The van der Waals surface area contributed by atoms with Gasteiger partial charge in [-0.2, -0.15) is 5.10 Å². The van der Waals surface area contributed by atoms with Gasteiger partial charge in [0.05, 0.1) is 11.9 Å². The fourth-order valence-electron chi connectivity index (χ4n) is 3.05. The van der Waals surface area contributed by atoms with Crippen LogP contribution >= 0.6 is 0 Å². The van der Waals surface area contributed by atoms with Crippen molar-refractivity contribution in [3.8, 4) is 5.69 Å². The monoisotopic (exact) mass is 328 g/mol. The molecule has 6 nitrogen and oxygen atoms in total. The van der Waals surface area contributed by atoms with Gasteiger partial charge in [-0.05, 0) is 44.2 Å². The second-order valence-electron chi connectivity index (χ2n) is 6.63. The molecule has 6 heteroatoms. The Balaban J connectivity index is 1.70. The number of aromatic nitrogens is 2. The lowest BCUT2D eigenvalue weighted by molar-refractivity contribution is -0.145. The number of hydrogen-bond donors (Lipinski definition) is 1. The second kappa shape index (κ2) is 6.75. The Bertz CT molecular complexity index is 740. The van der Waals surface area contributed by atoms with E-state index in [1.54, 1.807) is 0 Å². The third-order valence-electron chi connectivity index (χ3n) is 4.81. The minimum absolute atomic E-state index is 0.437. The SMILES string of the molecule is Cc1ccc(-n2cc(CN3CCN(C)[C@@H](C(=O)O)C3)cn2)cc1C. The van der Waals surface area contributed by atoms with Crippen LogP contribution in [0, 0.1) is 13.8 Å². The number of aliphatic carboxylic acids is 1.